The van der Waals surface area contributed by atoms with Crippen molar-refractivity contribution < 1.29 is 13.9 Å². The van der Waals surface area contributed by atoms with Crippen molar-refractivity contribution in [2.45, 2.75) is 6.54 Å². The lowest BCUT2D eigenvalue weighted by Gasteiger charge is -2.20. The monoisotopic (exact) mass is 392 g/mol. The lowest BCUT2D eigenvalue weighted by Crippen LogP contribution is -2.30. The summed E-state index contributed by atoms with van der Waals surface area (Å²) in [6.45, 7) is 0.369. The molecule has 0 radical (unpaired) electrons. The molecule has 0 saturated carbocycles. The van der Waals surface area contributed by atoms with E-state index < -0.39 is 0 Å². The summed E-state index contributed by atoms with van der Waals surface area (Å²) in [7, 11) is 1.61. The van der Waals surface area contributed by atoms with Gasteiger partial charge in [-0.25, -0.2) is 9.37 Å². The van der Waals surface area contributed by atoms with E-state index in [1.54, 1.807) is 12.0 Å². The highest BCUT2D eigenvalue weighted by atomic mass is 32.1. The second kappa shape index (κ2) is 7.78. The molecule has 0 aliphatic heterocycles. The summed E-state index contributed by atoms with van der Waals surface area (Å²) in [6, 6.07) is 20.9. The first-order valence-corrected chi connectivity index (χ1v) is 9.51. The van der Waals surface area contributed by atoms with Crippen molar-refractivity contribution in [3.05, 3.63) is 89.7 Å². The number of hydrogen-bond donors (Lipinski definition) is 0. The maximum Gasteiger partial charge on any atom is 0.260 e. The minimum atomic E-state index is -0.377. The van der Waals surface area contributed by atoms with Crippen molar-refractivity contribution in [1.29, 1.82) is 0 Å². The summed E-state index contributed by atoms with van der Waals surface area (Å²) in [5.74, 6) is 0.108. The van der Waals surface area contributed by atoms with Gasteiger partial charge in [0.25, 0.3) is 5.91 Å². The van der Waals surface area contributed by atoms with E-state index >= 15 is 0 Å². The zero-order chi connectivity index (χ0) is 19.5. The normalized spacial score (nSPS) is 10.8. The number of halogens is 1. The van der Waals surface area contributed by atoms with Crippen molar-refractivity contribution >= 4 is 32.6 Å². The molecule has 0 bridgehead atoms. The Bertz CT molecular complexity index is 1110. The molecule has 0 atom stereocenters. The van der Waals surface area contributed by atoms with E-state index in [4.69, 9.17) is 4.74 Å². The smallest absolute Gasteiger partial charge is 0.260 e. The van der Waals surface area contributed by atoms with Crippen molar-refractivity contribution in [2.24, 2.45) is 0 Å². The Morgan fingerprint density at radius 1 is 1.07 bits per heavy atom. The SMILES string of the molecule is COc1ccc2sc(N(Cc3ccccc3)C(=O)c3ccc(F)cc3)nc2c1. The van der Waals surface area contributed by atoms with Gasteiger partial charge in [-0.15, -0.1) is 0 Å². The number of fused-ring (bicyclic) bond motifs is 1. The number of ether oxygens (including phenoxy) is 1. The molecule has 0 fully saturated rings. The molecule has 0 aliphatic rings. The largest absolute Gasteiger partial charge is 0.497 e. The molecule has 0 spiro atoms. The van der Waals surface area contributed by atoms with Crippen molar-refractivity contribution in [2.75, 3.05) is 12.0 Å². The van der Waals surface area contributed by atoms with Gasteiger partial charge in [-0.2, -0.15) is 0 Å². The van der Waals surface area contributed by atoms with Crippen LogP contribution >= 0.6 is 11.3 Å². The van der Waals surface area contributed by atoms with Crippen molar-refractivity contribution in [3.63, 3.8) is 0 Å². The minimum Gasteiger partial charge on any atom is -0.497 e. The Hall–Kier alpha value is -3.25. The summed E-state index contributed by atoms with van der Waals surface area (Å²) < 4.78 is 19.5. The number of carbonyl (C=O) groups excluding carboxylic acids is 1. The Morgan fingerprint density at radius 3 is 2.54 bits per heavy atom. The maximum atomic E-state index is 13.3. The molecule has 1 heterocycles. The van der Waals surface area contributed by atoms with Crippen LogP contribution in [-0.4, -0.2) is 18.0 Å². The molecule has 4 rings (SSSR count). The van der Waals surface area contributed by atoms with Crippen LogP contribution in [0.25, 0.3) is 10.2 Å². The van der Waals surface area contributed by atoms with E-state index in [9.17, 15) is 9.18 Å². The fourth-order valence-corrected chi connectivity index (χ4v) is 3.82. The van der Waals surface area contributed by atoms with Gasteiger partial charge in [0.2, 0.25) is 0 Å². The molecule has 0 saturated heterocycles. The summed E-state index contributed by atoms with van der Waals surface area (Å²) in [4.78, 5) is 19.5. The number of amides is 1. The lowest BCUT2D eigenvalue weighted by atomic mass is 10.1. The van der Waals surface area contributed by atoms with E-state index in [0.717, 1.165) is 15.8 Å². The van der Waals surface area contributed by atoms with Crippen molar-refractivity contribution in [1.82, 2.24) is 4.98 Å². The Kier molecular flexibility index (Phi) is 5.04. The van der Waals surface area contributed by atoms with E-state index in [-0.39, 0.29) is 11.7 Å². The predicted octanol–water partition coefficient (Wildman–Crippen LogP) is 5.29. The van der Waals surface area contributed by atoms with Gasteiger partial charge in [-0.05, 0) is 42.0 Å². The number of carbonyl (C=O) groups is 1. The quantitative estimate of drug-likeness (QED) is 0.463. The number of benzene rings is 3. The molecular weight excluding hydrogens is 375 g/mol. The second-order valence-electron chi connectivity index (χ2n) is 6.21. The summed E-state index contributed by atoms with van der Waals surface area (Å²) >= 11 is 1.43. The molecule has 1 amide bonds. The zero-order valence-corrected chi connectivity index (χ0v) is 15.9. The molecule has 0 N–H and O–H groups in total. The molecule has 140 valence electrons. The number of aromatic nitrogens is 1. The first-order valence-electron chi connectivity index (χ1n) is 8.70. The van der Waals surface area contributed by atoms with Gasteiger partial charge in [-0.1, -0.05) is 41.7 Å². The standard InChI is InChI=1S/C22H17FN2O2S/c1-27-18-11-12-20-19(13-18)24-22(28-20)25(14-15-5-3-2-4-6-15)21(26)16-7-9-17(23)10-8-16/h2-13H,14H2,1H3. The fraction of sp³-hybridized carbons (Fsp3) is 0.0909. The number of thiazole rings is 1. The highest BCUT2D eigenvalue weighted by Crippen LogP contribution is 2.32. The molecular formula is C22H17FN2O2S. The van der Waals surface area contributed by atoms with Gasteiger partial charge in [0.05, 0.1) is 23.9 Å². The third-order valence-electron chi connectivity index (χ3n) is 4.33. The van der Waals surface area contributed by atoms with Crippen LogP contribution in [0.5, 0.6) is 5.75 Å². The predicted molar refractivity (Wildman–Crippen MR) is 110 cm³/mol. The van der Waals surface area contributed by atoms with Crippen LogP contribution in [0.4, 0.5) is 9.52 Å². The summed E-state index contributed by atoms with van der Waals surface area (Å²) in [6.07, 6.45) is 0. The van der Waals surface area contributed by atoms with Crippen LogP contribution in [0.1, 0.15) is 15.9 Å². The molecule has 6 heteroatoms. The lowest BCUT2D eigenvalue weighted by molar-refractivity contribution is 0.0985. The van der Waals surface area contributed by atoms with E-state index in [0.29, 0.717) is 23.0 Å². The summed E-state index contributed by atoms with van der Waals surface area (Å²) in [5.41, 5.74) is 2.16. The van der Waals surface area contributed by atoms with Crippen LogP contribution in [0.15, 0.2) is 72.8 Å². The number of rotatable bonds is 5. The zero-order valence-electron chi connectivity index (χ0n) is 15.1. The average molecular weight is 392 g/mol. The van der Waals surface area contributed by atoms with Gasteiger partial charge in [0.1, 0.15) is 11.6 Å². The number of methoxy groups -OCH3 is 1. The van der Waals surface area contributed by atoms with Crippen LogP contribution in [0, 0.1) is 5.82 Å². The first-order chi connectivity index (χ1) is 13.6. The van der Waals surface area contributed by atoms with Crippen LogP contribution in [0.3, 0.4) is 0 Å². The van der Waals surface area contributed by atoms with Crippen LogP contribution < -0.4 is 9.64 Å². The molecule has 3 aromatic carbocycles. The average Bonchev–Trinajstić information content (AvgIpc) is 3.15. The fourth-order valence-electron chi connectivity index (χ4n) is 2.88. The van der Waals surface area contributed by atoms with E-state index in [2.05, 4.69) is 4.98 Å². The Labute approximate surface area is 165 Å². The third-order valence-corrected chi connectivity index (χ3v) is 5.39. The Balaban J connectivity index is 1.75. The molecule has 28 heavy (non-hydrogen) atoms. The second-order valence-corrected chi connectivity index (χ2v) is 7.22. The molecule has 4 aromatic rings. The third kappa shape index (κ3) is 3.73. The molecule has 1 aromatic heterocycles. The highest BCUT2D eigenvalue weighted by Gasteiger charge is 2.22. The minimum absolute atomic E-state index is 0.227. The summed E-state index contributed by atoms with van der Waals surface area (Å²) in [5, 5.41) is 0.585. The highest BCUT2D eigenvalue weighted by molar-refractivity contribution is 7.22. The molecule has 4 nitrogen and oxygen atoms in total. The van der Waals surface area contributed by atoms with Crippen LogP contribution in [0.2, 0.25) is 0 Å². The first kappa shape index (κ1) is 18.1. The van der Waals surface area contributed by atoms with Crippen molar-refractivity contribution in [3.8, 4) is 5.75 Å². The van der Waals surface area contributed by atoms with E-state index in [1.165, 1.54) is 35.6 Å². The van der Waals surface area contributed by atoms with Crippen LogP contribution in [-0.2, 0) is 6.54 Å². The van der Waals surface area contributed by atoms with Gasteiger partial charge >= 0.3 is 0 Å². The number of hydrogen-bond acceptors (Lipinski definition) is 4. The number of anilines is 1. The topological polar surface area (TPSA) is 42.4 Å². The Morgan fingerprint density at radius 2 is 1.82 bits per heavy atom. The maximum absolute atomic E-state index is 13.3. The van der Waals surface area contributed by atoms with Gasteiger partial charge < -0.3 is 4.74 Å². The van der Waals surface area contributed by atoms with E-state index in [1.807, 2.05) is 48.5 Å². The van der Waals surface area contributed by atoms with Gasteiger partial charge in [0, 0.05) is 11.6 Å². The molecule has 0 aliphatic carbocycles. The van der Waals surface area contributed by atoms with Gasteiger partial charge in [0.15, 0.2) is 5.13 Å². The number of nitrogens with zero attached hydrogens (tertiary/aromatic N) is 2. The molecule has 0 unspecified atom stereocenters. The van der Waals surface area contributed by atoms with Gasteiger partial charge in [-0.3, -0.25) is 9.69 Å².